The maximum absolute atomic E-state index is 6.20. The predicted molar refractivity (Wildman–Crippen MR) is 81.1 cm³/mol. The van der Waals surface area contributed by atoms with E-state index in [1.165, 1.54) is 19.2 Å². The highest BCUT2D eigenvalue weighted by molar-refractivity contribution is 5.68. The molecule has 0 amide bonds. The van der Waals surface area contributed by atoms with Crippen LogP contribution in [0.4, 0.5) is 11.5 Å². The fraction of sp³-hybridized carbons (Fsp3) is 0.714. The van der Waals surface area contributed by atoms with Crippen molar-refractivity contribution in [2.24, 2.45) is 0 Å². The van der Waals surface area contributed by atoms with Crippen LogP contribution in [0.2, 0.25) is 0 Å². The minimum atomic E-state index is 0.0520. The van der Waals surface area contributed by atoms with Crippen molar-refractivity contribution >= 4 is 11.5 Å². The second kappa shape index (κ2) is 6.26. The molecule has 0 radical (unpaired) electrons. The monoisotopic (exact) mass is 279 g/mol. The Hall–Kier alpha value is -1.56. The molecule has 2 rings (SSSR count). The summed E-state index contributed by atoms with van der Waals surface area (Å²) in [6.45, 7) is 5.92. The van der Waals surface area contributed by atoms with Crippen LogP contribution >= 0.6 is 0 Å². The number of ether oxygens (including phenoxy) is 1. The molecule has 0 spiro atoms. The largest absolute Gasteiger partial charge is 0.473 e. The molecule has 20 heavy (non-hydrogen) atoms. The fourth-order valence-corrected chi connectivity index (χ4v) is 2.64. The van der Waals surface area contributed by atoms with Crippen molar-refractivity contribution in [1.82, 2.24) is 14.9 Å². The molecule has 1 atom stereocenters. The summed E-state index contributed by atoms with van der Waals surface area (Å²) >= 11 is 0. The average molecular weight is 279 g/mol. The molecule has 0 saturated carbocycles. The van der Waals surface area contributed by atoms with E-state index in [1.54, 1.807) is 0 Å². The van der Waals surface area contributed by atoms with Crippen LogP contribution in [0.3, 0.4) is 0 Å². The van der Waals surface area contributed by atoms with Crippen LogP contribution in [0, 0.1) is 0 Å². The van der Waals surface area contributed by atoms with Crippen LogP contribution in [0.15, 0.2) is 6.33 Å². The average Bonchev–Trinajstić information content (AvgIpc) is 2.78. The zero-order chi connectivity index (χ0) is 14.7. The topological polar surface area (TPSA) is 67.5 Å². The van der Waals surface area contributed by atoms with E-state index in [2.05, 4.69) is 33.9 Å². The lowest BCUT2D eigenvalue weighted by Crippen LogP contribution is -2.38. The van der Waals surface area contributed by atoms with Crippen LogP contribution in [-0.4, -0.2) is 54.2 Å². The van der Waals surface area contributed by atoms with Gasteiger partial charge in [0.05, 0.1) is 6.10 Å². The van der Waals surface area contributed by atoms with Gasteiger partial charge in [-0.1, -0.05) is 0 Å². The number of nitrogen functional groups attached to an aromatic ring is 1. The first kappa shape index (κ1) is 14.8. The molecule has 1 aromatic rings. The van der Waals surface area contributed by atoms with Crippen molar-refractivity contribution in [3.8, 4) is 5.88 Å². The van der Waals surface area contributed by atoms with Crippen molar-refractivity contribution in [3.05, 3.63) is 6.33 Å². The van der Waals surface area contributed by atoms with Crippen LogP contribution in [0.25, 0.3) is 0 Å². The fourth-order valence-electron chi connectivity index (χ4n) is 2.64. The molecule has 112 valence electrons. The molecule has 6 nitrogen and oxygen atoms in total. The minimum absolute atomic E-state index is 0.0520. The van der Waals surface area contributed by atoms with E-state index < -0.39 is 0 Å². The van der Waals surface area contributed by atoms with Crippen molar-refractivity contribution in [2.45, 2.75) is 38.8 Å². The number of hydrogen-bond donors (Lipinski definition) is 1. The number of rotatable bonds is 5. The molecule has 0 aromatic carbocycles. The van der Waals surface area contributed by atoms with Gasteiger partial charge in [-0.3, -0.25) is 0 Å². The van der Waals surface area contributed by atoms with E-state index in [1.807, 2.05) is 13.8 Å². The van der Waals surface area contributed by atoms with Gasteiger partial charge in [0, 0.05) is 19.1 Å². The highest BCUT2D eigenvalue weighted by atomic mass is 16.5. The lowest BCUT2D eigenvalue weighted by atomic mass is 10.2. The third-order valence-corrected chi connectivity index (χ3v) is 3.40. The normalized spacial score (nSPS) is 19.1. The first-order valence-corrected chi connectivity index (χ1v) is 7.17. The smallest absolute Gasteiger partial charge is 0.242 e. The molecular formula is C14H25N5O. The summed E-state index contributed by atoms with van der Waals surface area (Å²) in [7, 11) is 4.18. The highest BCUT2D eigenvalue weighted by Gasteiger charge is 2.28. The Morgan fingerprint density at radius 2 is 2.20 bits per heavy atom. The number of aromatic nitrogens is 2. The lowest BCUT2D eigenvalue weighted by molar-refractivity contribution is 0.234. The molecule has 1 aromatic heterocycles. The summed E-state index contributed by atoms with van der Waals surface area (Å²) in [5.41, 5.74) is 6.75. The van der Waals surface area contributed by atoms with Gasteiger partial charge < -0.3 is 20.3 Å². The molecule has 0 bridgehead atoms. The highest BCUT2D eigenvalue weighted by Crippen LogP contribution is 2.33. The summed E-state index contributed by atoms with van der Waals surface area (Å²) in [6.07, 6.45) is 3.93. The molecule has 2 N–H and O–H groups in total. The molecule has 1 saturated heterocycles. The number of nitrogens with two attached hydrogens (primary N) is 1. The Bertz CT molecular complexity index is 449. The molecular weight excluding hydrogens is 254 g/mol. The number of anilines is 2. The number of hydrogen-bond acceptors (Lipinski definition) is 6. The third-order valence-electron chi connectivity index (χ3n) is 3.40. The van der Waals surface area contributed by atoms with Gasteiger partial charge in [0.2, 0.25) is 5.88 Å². The number of likely N-dealkylation sites (N-methyl/N-ethyl adjacent to an activating group) is 1. The van der Waals surface area contributed by atoms with Crippen LogP contribution in [-0.2, 0) is 0 Å². The molecule has 1 aliphatic rings. The standard InChI is InChI=1S/C14H25N5O/c1-10(2)20-14-12(15)13(16-9-17-14)19-7-5-6-11(19)8-18(3)4/h9-11H,5-8,15H2,1-4H3. The van der Waals surface area contributed by atoms with E-state index >= 15 is 0 Å². The number of nitrogens with zero attached hydrogens (tertiary/aromatic N) is 4. The Morgan fingerprint density at radius 3 is 2.85 bits per heavy atom. The summed E-state index contributed by atoms with van der Waals surface area (Å²) in [5, 5.41) is 0. The summed E-state index contributed by atoms with van der Waals surface area (Å²) < 4.78 is 5.65. The zero-order valence-corrected chi connectivity index (χ0v) is 12.8. The van der Waals surface area contributed by atoms with E-state index in [0.717, 1.165) is 18.9 Å². The van der Waals surface area contributed by atoms with Gasteiger partial charge in [0.15, 0.2) is 5.82 Å². The second-order valence-corrected chi connectivity index (χ2v) is 5.83. The summed E-state index contributed by atoms with van der Waals surface area (Å²) in [4.78, 5) is 13.0. The van der Waals surface area contributed by atoms with Crippen LogP contribution < -0.4 is 15.4 Å². The van der Waals surface area contributed by atoms with Gasteiger partial charge in [-0.2, -0.15) is 4.98 Å². The Kier molecular flexibility index (Phi) is 4.65. The summed E-state index contributed by atoms with van der Waals surface area (Å²) in [6, 6.07) is 0.453. The molecule has 1 fully saturated rings. The first-order chi connectivity index (χ1) is 9.49. The molecule has 0 aliphatic carbocycles. The van der Waals surface area contributed by atoms with E-state index in [0.29, 0.717) is 17.6 Å². The zero-order valence-electron chi connectivity index (χ0n) is 12.8. The van der Waals surface area contributed by atoms with Gasteiger partial charge in [0.25, 0.3) is 0 Å². The van der Waals surface area contributed by atoms with Gasteiger partial charge in [-0.15, -0.1) is 0 Å². The quantitative estimate of drug-likeness (QED) is 0.878. The Balaban J connectivity index is 2.23. The van der Waals surface area contributed by atoms with Gasteiger partial charge >= 0.3 is 0 Å². The van der Waals surface area contributed by atoms with Gasteiger partial charge in [-0.25, -0.2) is 4.98 Å². The maximum atomic E-state index is 6.20. The van der Waals surface area contributed by atoms with Crippen LogP contribution in [0.5, 0.6) is 5.88 Å². The van der Waals surface area contributed by atoms with E-state index in [-0.39, 0.29) is 6.10 Å². The van der Waals surface area contributed by atoms with Crippen molar-refractivity contribution in [3.63, 3.8) is 0 Å². The minimum Gasteiger partial charge on any atom is -0.473 e. The Morgan fingerprint density at radius 1 is 1.45 bits per heavy atom. The SMILES string of the molecule is CC(C)Oc1ncnc(N2CCCC2CN(C)C)c1N. The Labute approximate surface area is 120 Å². The van der Waals surface area contributed by atoms with E-state index in [9.17, 15) is 0 Å². The van der Waals surface area contributed by atoms with Crippen molar-refractivity contribution in [2.75, 3.05) is 37.8 Å². The lowest BCUT2D eigenvalue weighted by Gasteiger charge is -2.29. The third kappa shape index (κ3) is 3.30. The van der Waals surface area contributed by atoms with Gasteiger partial charge in [0.1, 0.15) is 12.0 Å². The van der Waals surface area contributed by atoms with Gasteiger partial charge in [-0.05, 0) is 40.8 Å². The molecule has 1 unspecified atom stereocenters. The van der Waals surface area contributed by atoms with Crippen molar-refractivity contribution in [1.29, 1.82) is 0 Å². The van der Waals surface area contributed by atoms with Crippen LogP contribution in [0.1, 0.15) is 26.7 Å². The van der Waals surface area contributed by atoms with E-state index in [4.69, 9.17) is 10.5 Å². The molecule has 1 aliphatic heterocycles. The molecule has 6 heteroatoms. The summed E-state index contributed by atoms with van der Waals surface area (Å²) in [5.74, 6) is 1.29. The molecule has 2 heterocycles. The van der Waals surface area contributed by atoms with Crippen molar-refractivity contribution < 1.29 is 4.74 Å². The second-order valence-electron chi connectivity index (χ2n) is 5.83. The maximum Gasteiger partial charge on any atom is 0.242 e. The predicted octanol–water partition coefficient (Wildman–Crippen LogP) is 1.38. The first-order valence-electron chi connectivity index (χ1n) is 7.17.